The van der Waals surface area contributed by atoms with Crippen molar-refractivity contribution in [3.8, 4) is 0 Å². The van der Waals surface area contributed by atoms with Gasteiger partial charge in [-0.05, 0) is 204 Å². The molecule has 0 aromatic carbocycles. The number of ether oxygens (including phenoxy) is 2. The number of epoxide rings is 2. The Hall–Kier alpha value is -4.68. The van der Waals surface area contributed by atoms with Crippen molar-refractivity contribution in [3.05, 3.63) is 365 Å². The minimum absolute atomic E-state index is 0.101. The predicted molar refractivity (Wildman–Crippen MR) is 704 cm³/mol. The van der Waals surface area contributed by atoms with Crippen LogP contribution in [0.1, 0.15) is 405 Å². The topological polar surface area (TPSA) is 80.4 Å². The van der Waals surface area contributed by atoms with Gasteiger partial charge < -0.3 is 36.6 Å². The molecule has 20 unspecified atom stereocenters. The first-order chi connectivity index (χ1) is 73.8. The molecule has 0 spiro atoms. The fraction of sp³-hybridized carbons (Fsp3) is 0.552. The maximum absolute atomic E-state index is 5.71. The average molecular weight is 2210 g/mol. The molecule has 8 nitrogen and oxygen atoms in total. The monoisotopic (exact) mass is 2210 g/mol. The van der Waals surface area contributed by atoms with E-state index in [1.54, 1.807) is 0 Å². The van der Waals surface area contributed by atoms with Crippen molar-refractivity contribution in [1.82, 2.24) is 0 Å². The summed E-state index contributed by atoms with van der Waals surface area (Å²) in [5.74, 6) is 0.950. The van der Waals surface area contributed by atoms with Crippen molar-refractivity contribution in [2.24, 2.45) is 11.8 Å². The van der Waals surface area contributed by atoms with Crippen molar-refractivity contribution in [1.29, 1.82) is 0 Å². The Morgan fingerprint density at radius 1 is 0.220 bits per heavy atom. The van der Waals surface area contributed by atoms with Gasteiger partial charge in [-0.25, -0.2) is 0 Å². The Bertz CT molecular complexity index is 3600. The molecular formula is C134H224O8P8. The zero-order valence-corrected chi connectivity index (χ0v) is 106. The van der Waals surface area contributed by atoms with E-state index in [1.807, 2.05) is 48.6 Å². The van der Waals surface area contributed by atoms with E-state index in [0.717, 1.165) is 116 Å². The summed E-state index contributed by atoms with van der Waals surface area (Å²) >= 11 is 0. The lowest BCUT2D eigenvalue weighted by Crippen LogP contribution is -2.14. The van der Waals surface area contributed by atoms with Crippen LogP contribution in [-0.4, -0.2) is 61.0 Å². The molecule has 2 aliphatic rings. The van der Waals surface area contributed by atoms with Gasteiger partial charge in [0.05, 0.1) is 48.8 Å². The number of unbranched alkanes of at least 4 members (excludes halogenated alkanes) is 24. The minimum Gasteiger partial charge on any atom is -0.365 e. The van der Waals surface area contributed by atoms with Crippen LogP contribution in [0.15, 0.2) is 365 Å². The van der Waals surface area contributed by atoms with Crippen LogP contribution in [0, 0.1) is 11.8 Å². The van der Waals surface area contributed by atoms with E-state index in [0.29, 0.717) is 53.2 Å². The van der Waals surface area contributed by atoms with Crippen LogP contribution in [0.4, 0.5) is 0 Å². The first-order valence-electron chi connectivity index (χ1n) is 58.6. The van der Waals surface area contributed by atoms with Crippen LogP contribution < -0.4 is 0 Å². The van der Waals surface area contributed by atoms with Gasteiger partial charge in [-0.3, -0.25) is 0 Å². The zero-order chi connectivity index (χ0) is 110. The Morgan fingerprint density at radius 2 is 0.447 bits per heavy atom. The molecule has 16 heteroatoms. The van der Waals surface area contributed by atoms with Crippen molar-refractivity contribution in [2.45, 2.75) is 466 Å². The Labute approximate surface area is 945 Å². The first kappa shape index (κ1) is 152. The molecule has 0 radical (unpaired) electrons. The fourth-order valence-corrected chi connectivity index (χ4v) is 17.2. The van der Waals surface area contributed by atoms with E-state index in [9.17, 15) is 0 Å². The quantitative estimate of drug-likeness (QED) is 0.0196. The first-order valence-corrected chi connectivity index (χ1v) is 65.9. The predicted octanol–water partition coefficient (Wildman–Crippen LogP) is 44.6. The third kappa shape index (κ3) is 120. The second-order valence-corrected chi connectivity index (χ2v) is 40.9. The molecule has 0 aromatic rings. The van der Waals surface area contributed by atoms with Gasteiger partial charge in [-0.15, -0.1) is 0 Å². The molecule has 0 amide bonds. The van der Waals surface area contributed by atoms with Gasteiger partial charge in [0.15, 0.2) is 0 Å². The second kappa shape index (κ2) is 133. The molecular weight excluding hydrogens is 1990 g/mol. The van der Waals surface area contributed by atoms with Gasteiger partial charge in [0, 0.05) is 54.9 Å². The molecule has 2 heterocycles. The molecule has 0 saturated carbocycles. The molecule has 2 fully saturated rings. The molecule has 2 saturated heterocycles. The Morgan fingerprint density at radius 3 is 0.700 bits per heavy atom. The third-order valence-electron chi connectivity index (χ3n) is 23.6. The van der Waals surface area contributed by atoms with Crippen molar-refractivity contribution >= 4 is 72.7 Å². The summed E-state index contributed by atoms with van der Waals surface area (Å²) in [6, 6.07) is 0. The fourth-order valence-electron chi connectivity index (χ4n) is 14.3. The van der Waals surface area contributed by atoms with E-state index >= 15 is 0 Å². The molecule has 0 aliphatic carbocycles. The number of allylic oxidation sites excluding steroid dienone is 46. The largest absolute Gasteiger partial charge is 0.365 e. The molecule has 2 aliphatic heterocycles. The highest BCUT2D eigenvalue weighted by molar-refractivity contribution is 8.00. The molecule has 0 bridgehead atoms. The summed E-state index contributed by atoms with van der Waals surface area (Å²) in [5, 5.41) is 0. The van der Waals surface area contributed by atoms with Crippen LogP contribution in [0.3, 0.4) is 0 Å². The lowest BCUT2D eigenvalue weighted by atomic mass is 10.00. The number of hydrogen-bond donors (Lipinski definition) is 0. The van der Waals surface area contributed by atoms with Crippen LogP contribution >= 0.6 is 72.7 Å². The SMILES string of the molecule is CC/C=C\CC(C)C(/C=C/C=C/C=C\C/C=C\CCCCCC)OP.CC/C=C\CC(\C=C/C=C/C=C/C(C/C=C\CCCCCC)OP)OPP.CC/C=C\CC1OC1/C=C/C=C/C=C\C/C=C\CCCCCC.CCC=CCC(C)C(C=CC=CC=CCC=CCCCCCC)OP.CCC=CCC(C=CC=CC=CC(CC=CCCCCCC)OP)OPP.CCC=CCC1OC1C=CC=CC=CCC=CCCCCCC. The molecule has 0 N–H and O–H groups in total. The van der Waals surface area contributed by atoms with Crippen molar-refractivity contribution in [3.63, 3.8) is 0 Å². The van der Waals surface area contributed by atoms with Gasteiger partial charge in [-0.1, -0.05) is 595 Å². The summed E-state index contributed by atoms with van der Waals surface area (Å²) in [4.78, 5) is 0. The number of rotatable bonds is 90. The van der Waals surface area contributed by atoms with Crippen LogP contribution in [0.25, 0.3) is 0 Å². The zero-order valence-electron chi connectivity index (χ0n) is 97.2. The second-order valence-electron chi connectivity index (χ2n) is 37.5. The van der Waals surface area contributed by atoms with E-state index in [4.69, 9.17) is 36.6 Å². The highest BCUT2D eigenvalue weighted by Gasteiger charge is 2.35. The Balaban J connectivity index is -0.000000853. The maximum Gasteiger partial charge on any atom is 0.103 e. The molecule has 2 rings (SSSR count). The van der Waals surface area contributed by atoms with Gasteiger partial charge in [0.25, 0.3) is 0 Å². The lowest BCUT2D eigenvalue weighted by molar-refractivity contribution is 0.222. The normalized spacial score (nSPS) is 17.5. The highest BCUT2D eigenvalue weighted by atomic mass is 32.0. The van der Waals surface area contributed by atoms with Gasteiger partial charge in [-0.2, -0.15) is 0 Å². The smallest absolute Gasteiger partial charge is 0.103 e. The summed E-state index contributed by atoms with van der Waals surface area (Å²) in [6.45, 7) is 30.9. The highest BCUT2D eigenvalue weighted by Crippen LogP contribution is 2.30. The summed E-state index contributed by atoms with van der Waals surface area (Å²) < 4.78 is 44.4. The van der Waals surface area contributed by atoms with E-state index in [-0.39, 0.29) is 36.6 Å². The molecule has 0 aromatic heterocycles. The van der Waals surface area contributed by atoms with E-state index < -0.39 is 0 Å². The van der Waals surface area contributed by atoms with Crippen molar-refractivity contribution < 1.29 is 36.6 Å². The van der Waals surface area contributed by atoms with Crippen LogP contribution in [0.2, 0.25) is 0 Å². The van der Waals surface area contributed by atoms with Gasteiger partial charge in [0.1, 0.15) is 12.2 Å². The summed E-state index contributed by atoms with van der Waals surface area (Å²) in [7, 11) is 15.6. The van der Waals surface area contributed by atoms with E-state index in [2.05, 4.69) is 469 Å². The Kier molecular flexibility index (Phi) is 134. The number of hydrogen-bond acceptors (Lipinski definition) is 8. The van der Waals surface area contributed by atoms with Crippen molar-refractivity contribution in [2.75, 3.05) is 0 Å². The van der Waals surface area contributed by atoms with Gasteiger partial charge >= 0.3 is 0 Å². The molecule has 20 atom stereocenters. The lowest BCUT2D eigenvalue weighted by Gasteiger charge is -2.17. The maximum atomic E-state index is 5.71. The average Bonchev–Trinajstić information content (AvgIpc) is 1.71. The minimum atomic E-state index is 0.101. The van der Waals surface area contributed by atoms with Crippen LogP contribution in [0.5, 0.6) is 0 Å². The summed E-state index contributed by atoms with van der Waals surface area (Å²) in [6.07, 6.45) is 189. The third-order valence-corrected chi connectivity index (χ3v) is 26.6. The van der Waals surface area contributed by atoms with E-state index in [1.165, 1.54) is 193 Å². The molecule has 848 valence electrons. The summed E-state index contributed by atoms with van der Waals surface area (Å²) in [5.41, 5.74) is 0. The van der Waals surface area contributed by atoms with Crippen LogP contribution in [-0.2, 0) is 36.6 Å². The standard InChI is InChI=1S/2C23H39OP.2C22H39O2P3.2C22H34O/c2*1-4-6-8-9-10-11-12-13-14-15-16-17-19-21-23(24-25)22(3)20-18-7-5-2;2*1-3-5-7-8-9-10-14-17-21(23-25)18-15-11-12-16-20-22(24-27-26)19-13-6-4-2;2*1-3-5-7-8-9-10-11-12-13-14-15-16-18-20-22-21(23-22)19-17-6-4-2/h2*7,11-12,14-19,21-23H,4-6,8-10,13,20,25H2,1-3H3;2*6,10-16,18,20-22,27H,3-5,7-9,17,19,25-26H2,1-2H3;2*6,10-11,13-18,20-22H,3-5,7-9,12,19H2,1-2H3/b12-11-,15-14-,17-16+,18-7-,21-19+;;12-11+,13-6-,14-10-,18-15+,20-16-;;11-10-,14-13-,16-15+,17-6-,20-18+;. The molecule has 150 heavy (non-hydrogen) atoms. The van der Waals surface area contributed by atoms with Gasteiger partial charge in [0.2, 0.25) is 0 Å².